The van der Waals surface area contributed by atoms with Gasteiger partial charge in [0.25, 0.3) is 0 Å². The van der Waals surface area contributed by atoms with Crippen molar-refractivity contribution in [2.45, 2.75) is 50.0 Å². The average Bonchev–Trinajstić information content (AvgIpc) is 2.89. The monoisotopic (exact) mass is 327 g/mol. The predicted octanol–water partition coefficient (Wildman–Crippen LogP) is 4.41. The number of aliphatic hydroxyl groups is 1. The molecule has 0 aliphatic heterocycles. The van der Waals surface area contributed by atoms with E-state index < -0.39 is 6.10 Å². The van der Waals surface area contributed by atoms with Gasteiger partial charge in [-0.3, -0.25) is 0 Å². The van der Waals surface area contributed by atoms with Gasteiger partial charge in [0.2, 0.25) is 0 Å². The maximum atomic E-state index is 11.0. The Bertz CT molecular complexity index is 569. The van der Waals surface area contributed by atoms with E-state index in [2.05, 4.69) is 5.16 Å². The molecule has 1 aromatic carbocycles. The van der Waals surface area contributed by atoms with E-state index in [0.717, 1.165) is 49.8 Å². The summed E-state index contributed by atoms with van der Waals surface area (Å²) < 4.78 is 0. The molecule has 0 bridgehead atoms. The number of benzene rings is 1. The molecule has 0 heterocycles. The second kappa shape index (κ2) is 5.79. The molecular weight excluding hydrogens is 309 g/mol. The molecule has 2 saturated carbocycles. The molecule has 3 rings (SSSR count). The highest BCUT2D eigenvalue weighted by Gasteiger charge is 2.49. The predicted molar refractivity (Wildman–Crippen MR) is 84.6 cm³/mol. The van der Waals surface area contributed by atoms with Gasteiger partial charge in [-0.2, -0.15) is 0 Å². The summed E-state index contributed by atoms with van der Waals surface area (Å²) in [7, 11) is 0. The van der Waals surface area contributed by atoms with Crippen LogP contribution in [-0.2, 0) is 5.41 Å². The van der Waals surface area contributed by atoms with E-state index in [-0.39, 0.29) is 11.3 Å². The van der Waals surface area contributed by atoms with Gasteiger partial charge in [0, 0.05) is 11.3 Å². The van der Waals surface area contributed by atoms with Crippen LogP contribution in [0, 0.1) is 5.92 Å². The van der Waals surface area contributed by atoms with Crippen LogP contribution in [0.15, 0.2) is 23.4 Å². The first-order valence-corrected chi connectivity index (χ1v) is 8.18. The van der Waals surface area contributed by atoms with Gasteiger partial charge < -0.3 is 10.3 Å². The summed E-state index contributed by atoms with van der Waals surface area (Å²) in [5.41, 5.74) is 1.49. The van der Waals surface area contributed by atoms with Gasteiger partial charge in [-0.05, 0) is 49.8 Å². The van der Waals surface area contributed by atoms with Crippen molar-refractivity contribution in [2.75, 3.05) is 0 Å². The van der Waals surface area contributed by atoms with Crippen LogP contribution in [0.3, 0.4) is 0 Å². The highest BCUT2D eigenvalue weighted by Crippen LogP contribution is 2.51. The summed E-state index contributed by atoms with van der Waals surface area (Å²) in [6, 6.07) is 5.62. The van der Waals surface area contributed by atoms with Crippen LogP contribution in [0.2, 0.25) is 10.0 Å². The van der Waals surface area contributed by atoms with Crippen LogP contribution in [0.4, 0.5) is 0 Å². The smallest absolute Gasteiger partial charge is 0.0718 e. The molecule has 114 valence electrons. The average molecular weight is 328 g/mol. The van der Waals surface area contributed by atoms with Crippen LogP contribution in [0.25, 0.3) is 0 Å². The molecule has 0 saturated heterocycles. The Balaban J connectivity index is 1.94. The number of rotatable bonds is 3. The number of hydrogen-bond acceptors (Lipinski definition) is 3. The van der Waals surface area contributed by atoms with Crippen molar-refractivity contribution in [3.8, 4) is 0 Å². The van der Waals surface area contributed by atoms with Gasteiger partial charge in [-0.25, -0.2) is 0 Å². The zero-order valence-electron chi connectivity index (χ0n) is 11.7. The Labute approximate surface area is 134 Å². The zero-order valence-corrected chi connectivity index (χ0v) is 13.2. The molecule has 1 aromatic rings. The number of nitrogens with zero attached hydrogens (tertiary/aromatic N) is 1. The first-order valence-electron chi connectivity index (χ1n) is 7.43. The fourth-order valence-corrected chi connectivity index (χ4v) is 4.12. The van der Waals surface area contributed by atoms with Crippen molar-refractivity contribution in [1.29, 1.82) is 0 Å². The number of oxime groups is 1. The van der Waals surface area contributed by atoms with E-state index in [9.17, 15) is 5.11 Å². The lowest BCUT2D eigenvalue weighted by atomic mass is 9.58. The van der Waals surface area contributed by atoms with E-state index in [0.29, 0.717) is 10.0 Å². The first kappa shape index (κ1) is 15.1. The fourth-order valence-electron chi connectivity index (χ4n) is 3.82. The minimum absolute atomic E-state index is 0.0512. The van der Waals surface area contributed by atoms with Crippen molar-refractivity contribution in [1.82, 2.24) is 0 Å². The van der Waals surface area contributed by atoms with Crippen LogP contribution < -0.4 is 0 Å². The maximum Gasteiger partial charge on any atom is 0.0718 e. The quantitative estimate of drug-likeness (QED) is 0.638. The maximum absolute atomic E-state index is 11.0. The Morgan fingerprint density at radius 2 is 1.95 bits per heavy atom. The van der Waals surface area contributed by atoms with Gasteiger partial charge in [0.1, 0.15) is 0 Å². The molecule has 21 heavy (non-hydrogen) atoms. The molecular formula is C16H19Cl2NO2. The highest BCUT2D eigenvalue weighted by atomic mass is 35.5. The minimum Gasteiger partial charge on any atom is -0.411 e. The normalized spacial score (nSPS) is 27.6. The Kier molecular flexibility index (Phi) is 4.17. The third-order valence-corrected chi connectivity index (χ3v) is 5.93. The van der Waals surface area contributed by atoms with Gasteiger partial charge in [-0.1, -0.05) is 40.8 Å². The molecule has 0 unspecified atom stereocenters. The topological polar surface area (TPSA) is 52.8 Å². The zero-order chi connectivity index (χ0) is 15.0. The second-order valence-corrected chi connectivity index (χ2v) is 6.99. The molecule has 0 radical (unpaired) electrons. The van der Waals surface area contributed by atoms with Crippen molar-refractivity contribution in [3.63, 3.8) is 0 Å². The fraction of sp³-hybridized carbons (Fsp3) is 0.562. The number of aliphatic hydroxyl groups excluding tert-OH is 1. The largest absolute Gasteiger partial charge is 0.411 e. The van der Waals surface area contributed by atoms with E-state index in [4.69, 9.17) is 28.4 Å². The van der Waals surface area contributed by atoms with Crippen LogP contribution in [-0.4, -0.2) is 22.1 Å². The highest BCUT2D eigenvalue weighted by molar-refractivity contribution is 6.42. The second-order valence-electron chi connectivity index (χ2n) is 6.17. The van der Waals surface area contributed by atoms with Crippen LogP contribution in [0.1, 0.15) is 44.1 Å². The van der Waals surface area contributed by atoms with Gasteiger partial charge >= 0.3 is 0 Å². The van der Waals surface area contributed by atoms with Crippen LogP contribution in [0.5, 0.6) is 0 Å². The molecule has 2 aliphatic rings. The molecule has 3 nitrogen and oxygen atoms in total. The van der Waals surface area contributed by atoms with Crippen molar-refractivity contribution in [2.24, 2.45) is 11.1 Å². The summed E-state index contributed by atoms with van der Waals surface area (Å²) >= 11 is 12.1. The SMILES string of the molecule is O/N=C1\CCC[C@H]1[C@@H](O)C1(c2ccc(Cl)c(Cl)c2)CCC1. The van der Waals surface area contributed by atoms with E-state index >= 15 is 0 Å². The molecule has 0 amide bonds. The number of halogens is 2. The molecule has 5 heteroatoms. The van der Waals surface area contributed by atoms with Crippen molar-refractivity contribution >= 4 is 28.9 Å². The van der Waals surface area contributed by atoms with Crippen molar-refractivity contribution < 1.29 is 10.3 Å². The van der Waals surface area contributed by atoms with Gasteiger partial charge in [-0.15, -0.1) is 0 Å². The molecule has 0 spiro atoms. The molecule has 2 atom stereocenters. The molecule has 0 aromatic heterocycles. The lowest BCUT2D eigenvalue weighted by Crippen LogP contribution is -2.50. The Morgan fingerprint density at radius 3 is 2.52 bits per heavy atom. The first-order chi connectivity index (χ1) is 10.1. The summed E-state index contributed by atoms with van der Waals surface area (Å²) in [4.78, 5) is 0. The lowest BCUT2D eigenvalue weighted by molar-refractivity contribution is 0.00422. The Morgan fingerprint density at radius 1 is 1.19 bits per heavy atom. The molecule has 2 N–H and O–H groups in total. The number of hydrogen-bond donors (Lipinski definition) is 2. The van der Waals surface area contributed by atoms with Gasteiger partial charge in [0.15, 0.2) is 0 Å². The lowest BCUT2D eigenvalue weighted by Gasteiger charge is -2.48. The molecule has 2 aliphatic carbocycles. The Hall–Kier alpha value is -0.770. The summed E-state index contributed by atoms with van der Waals surface area (Å²) in [6.45, 7) is 0. The summed E-state index contributed by atoms with van der Waals surface area (Å²) in [5, 5.41) is 24.5. The van der Waals surface area contributed by atoms with E-state index in [1.165, 1.54) is 0 Å². The minimum atomic E-state index is -0.531. The van der Waals surface area contributed by atoms with E-state index in [1.54, 1.807) is 6.07 Å². The van der Waals surface area contributed by atoms with Gasteiger partial charge in [0.05, 0.1) is 21.9 Å². The standard InChI is InChI=1S/C16H19Cl2NO2/c17-12-6-5-10(9-13(12)18)16(7-2-8-16)15(20)11-3-1-4-14(11)19-21/h5-6,9,11,15,20-21H,1-4,7-8H2/b19-14+/t11-,15-/m1/s1. The summed E-state index contributed by atoms with van der Waals surface area (Å²) in [6.07, 6.45) is 5.05. The van der Waals surface area contributed by atoms with E-state index in [1.807, 2.05) is 12.1 Å². The van der Waals surface area contributed by atoms with Crippen molar-refractivity contribution in [3.05, 3.63) is 33.8 Å². The third-order valence-electron chi connectivity index (χ3n) is 5.19. The third kappa shape index (κ3) is 2.45. The summed E-state index contributed by atoms with van der Waals surface area (Å²) in [5.74, 6) is -0.0512. The molecule has 2 fully saturated rings. The van der Waals surface area contributed by atoms with Crippen LogP contribution >= 0.6 is 23.2 Å².